The first-order chi connectivity index (χ1) is 11.2. The number of hydrogen-bond donors (Lipinski definition) is 2. The Morgan fingerprint density at radius 3 is 2.91 bits per heavy atom. The lowest BCUT2D eigenvalue weighted by atomic mass is 9.84. The van der Waals surface area contributed by atoms with E-state index in [1.54, 1.807) is 17.1 Å². The fourth-order valence-electron chi connectivity index (χ4n) is 4.19. The molecule has 4 rings (SSSR count). The van der Waals surface area contributed by atoms with Gasteiger partial charge in [-0.3, -0.25) is 4.79 Å². The Bertz CT molecular complexity index is 697. The summed E-state index contributed by atoms with van der Waals surface area (Å²) in [5.41, 5.74) is 7.20. The first-order valence-electron chi connectivity index (χ1n) is 8.21. The van der Waals surface area contributed by atoms with E-state index in [2.05, 4.69) is 15.4 Å². The molecule has 0 saturated heterocycles. The third kappa shape index (κ3) is 2.53. The molecule has 0 spiro atoms. The van der Waals surface area contributed by atoms with E-state index < -0.39 is 0 Å². The minimum Gasteiger partial charge on any atom is -0.352 e. The molecule has 2 heterocycles. The van der Waals surface area contributed by atoms with Gasteiger partial charge in [-0.15, -0.1) is 0 Å². The van der Waals surface area contributed by atoms with Crippen molar-refractivity contribution in [2.75, 3.05) is 0 Å². The molecule has 6 nitrogen and oxygen atoms in total. The van der Waals surface area contributed by atoms with Crippen LogP contribution in [0.5, 0.6) is 0 Å². The van der Waals surface area contributed by atoms with Crippen LogP contribution in [0.1, 0.15) is 24.8 Å². The van der Waals surface area contributed by atoms with Crippen LogP contribution in [-0.2, 0) is 11.3 Å². The van der Waals surface area contributed by atoms with Crippen molar-refractivity contribution < 1.29 is 4.79 Å². The number of amides is 1. The largest absolute Gasteiger partial charge is 0.352 e. The van der Waals surface area contributed by atoms with E-state index in [1.165, 1.54) is 6.42 Å². The van der Waals surface area contributed by atoms with Crippen LogP contribution in [0.25, 0.3) is 5.82 Å². The van der Waals surface area contributed by atoms with Crippen molar-refractivity contribution in [3.63, 3.8) is 0 Å². The molecule has 2 fully saturated rings. The molecule has 6 heteroatoms. The minimum atomic E-state index is -0.0291. The van der Waals surface area contributed by atoms with Crippen LogP contribution < -0.4 is 11.1 Å². The summed E-state index contributed by atoms with van der Waals surface area (Å²) in [6, 6.07) is 5.71. The van der Waals surface area contributed by atoms with E-state index in [0.717, 1.165) is 24.2 Å². The first kappa shape index (κ1) is 14.4. The lowest BCUT2D eigenvalue weighted by molar-refractivity contribution is -0.127. The Labute approximate surface area is 135 Å². The molecule has 120 valence electrons. The van der Waals surface area contributed by atoms with Gasteiger partial charge in [0, 0.05) is 36.7 Å². The fourth-order valence-corrected chi connectivity index (χ4v) is 4.19. The number of rotatable bonds is 4. The second-order valence-corrected chi connectivity index (χ2v) is 6.59. The molecule has 0 aromatic carbocycles. The summed E-state index contributed by atoms with van der Waals surface area (Å²) in [7, 11) is 0. The van der Waals surface area contributed by atoms with Crippen molar-refractivity contribution in [2.24, 2.45) is 23.5 Å². The highest BCUT2D eigenvalue weighted by atomic mass is 16.1. The standard InChI is InChI=1S/C17H21N5O/c18-15-12-5-4-11(9-12)14(15)17(23)20-10-13-3-1-6-19-16(13)22-8-2-7-21-22/h1-3,6-8,11-12,14-15H,4-5,9-10,18H2,(H,20,23). The molecule has 2 aromatic heterocycles. The Morgan fingerprint density at radius 2 is 2.17 bits per heavy atom. The fraction of sp³-hybridized carbons (Fsp3) is 0.471. The van der Waals surface area contributed by atoms with Crippen molar-refractivity contribution in [1.29, 1.82) is 0 Å². The van der Waals surface area contributed by atoms with Gasteiger partial charge in [-0.05, 0) is 43.2 Å². The molecule has 2 aliphatic carbocycles. The van der Waals surface area contributed by atoms with E-state index in [4.69, 9.17) is 5.73 Å². The van der Waals surface area contributed by atoms with Crippen molar-refractivity contribution in [3.8, 4) is 5.82 Å². The predicted octanol–water partition coefficient (Wildman–Crippen LogP) is 1.26. The molecule has 2 saturated carbocycles. The Balaban J connectivity index is 1.47. The van der Waals surface area contributed by atoms with Crippen LogP contribution in [0.15, 0.2) is 36.8 Å². The molecular formula is C17H21N5O. The lowest BCUT2D eigenvalue weighted by Gasteiger charge is -2.27. The quantitative estimate of drug-likeness (QED) is 0.890. The highest BCUT2D eigenvalue weighted by molar-refractivity contribution is 5.80. The summed E-state index contributed by atoms with van der Waals surface area (Å²) < 4.78 is 1.71. The van der Waals surface area contributed by atoms with Crippen LogP contribution in [0.2, 0.25) is 0 Å². The molecular weight excluding hydrogens is 290 g/mol. The maximum atomic E-state index is 12.6. The first-order valence-corrected chi connectivity index (χ1v) is 8.21. The lowest BCUT2D eigenvalue weighted by Crippen LogP contribution is -2.45. The van der Waals surface area contributed by atoms with Gasteiger partial charge in [0.2, 0.25) is 5.91 Å². The molecule has 0 radical (unpaired) electrons. The minimum absolute atomic E-state index is 0.0215. The molecule has 2 aliphatic rings. The number of carbonyl (C=O) groups is 1. The SMILES string of the molecule is NC1C2CCC(C2)C1C(=O)NCc1cccnc1-n1cccn1. The number of nitrogens with one attached hydrogen (secondary N) is 1. The van der Waals surface area contributed by atoms with Crippen LogP contribution in [0, 0.1) is 17.8 Å². The average molecular weight is 311 g/mol. The van der Waals surface area contributed by atoms with Gasteiger partial charge in [-0.25, -0.2) is 9.67 Å². The van der Waals surface area contributed by atoms with Gasteiger partial charge in [-0.2, -0.15) is 5.10 Å². The zero-order chi connectivity index (χ0) is 15.8. The second-order valence-electron chi connectivity index (χ2n) is 6.59. The normalized spacial score (nSPS) is 28.9. The number of pyridine rings is 1. The summed E-state index contributed by atoms with van der Waals surface area (Å²) >= 11 is 0. The van der Waals surface area contributed by atoms with Crippen molar-refractivity contribution in [2.45, 2.75) is 31.8 Å². The van der Waals surface area contributed by atoms with Gasteiger partial charge < -0.3 is 11.1 Å². The number of nitrogens with zero attached hydrogens (tertiary/aromatic N) is 3. The third-order valence-corrected chi connectivity index (χ3v) is 5.33. The molecule has 3 N–H and O–H groups in total. The van der Waals surface area contributed by atoms with E-state index in [1.807, 2.05) is 24.4 Å². The van der Waals surface area contributed by atoms with Gasteiger partial charge in [0.1, 0.15) is 0 Å². The van der Waals surface area contributed by atoms with Crippen molar-refractivity contribution >= 4 is 5.91 Å². The van der Waals surface area contributed by atoms with E-state index in [9.17, 15) is 4.79 Å². The average Bonchev–Trinajstić information content (AvgIpc) is 3.30. The number of nitrogens with two attached hydrogens (primary N) is 1. The summed E-state index contributed by atoms with van der Waals surface area (Å²) in [6.45, 7) is 0.447. The Morgan fingerprint density at radius 1 is 1.30 bits per heavy atom. The van der Waals surface area contributed by atoms with Crippen molar-refractivity contribution in [3.05, 3.63) is 42.4 Å². The smallest absolute Gasteiger partial charge is 0.225 e. The van der Waals surface area contributed by atoms with Gasteiger partial charge in [0.15, 0.2) is 5.82 Å². The number of carbonyl (C=O) groups excluding carboxylic acids is 1. The maximum absolute atomic E-state index is 12.6. The highest BCUT2D eigenvalue weighted by Crippen LogP contribution is 2.47. The monoisotopic (exact) mass is 311 g/mol. The third-order valence-electron chi connectivity index (χ3n) is 5.33. The number of aromatic nitrogens is 3. The summed E-state index contributed by atoms with van der Waals surface area (Å²) in [6.07, 6.45) is 8.73. The Kier molecular flexibility index (Phi) is 3.61. The molecule has 2 bridgehead atoms. The Hall–Kier alpha value is -2.21. The maximum Gasteiger partial charge on any atom is 0.225 e. The highest BCUT2D eigenvalue weighted by Gasteiger charge is 2.48. The van der Waals surface area contributed by atoms with E-state index in [0.29, 0.717) is 18.4 Å². The van der Waals surface area contributed by atoms with Crippen LogP contribution in [0.3, 0.4) is 0 Å². The zero-order valence-corrected chi connectivity index (χ0v) is 12.9. The van der Waals surface area contributed by atoms with E-state index in [-0.39, 0.29) is 17.9 Å². The molecule has 4 unspecified atom stereocenters. The molecule has 0 aliphatic heterocycles. The zero-order valence-electron chi connectivity index (χ0n) is 12.9. The van der Waals surface area contributed by atoms with Crippen LogP contribution >= 0.6 is 0 Å². The van der Waals surface area contributed by atoms with Gasteiger partial charge >= 0.3 is 0 Å². The molecule has 23 heavy (non-hydrogen) atoms. The summed E-state index contributed by atoms with van der Waals surface area (Å²) in [5.74, 6) is 1.80. The van der Waals surface area contributed by atoms with E-state index >= 15 is 0 Å². The van der Waals surface area contributed by atoms with Crippen LogP contribution in [-0.4, -0.2) is 26.7 Å². The summed E-state index contributed by atoms with van der Waals surface area (Å²) in [5, 5.41) is 7.27. The topological polar surface area (TPSA) is 85.8 Å². The van der Waals surface area contributed by atoms with Gasteiger partial charge in [0.05, 0.1) is 5.92 Å². The molecule has 4 atom stereocenters. The number of fused-ring (bicyclic) bond motifs is 2. The van der Waals surface area contributed by atoms with Crippen LogP contribution in [0.4, 0.5) is 0 Å². The number of hydrogen-bond acceptors (Lipinski definition) is 4. The second kappa shape index (κ2) is 5.77. The molecule has 1 amide bonds. The molecule has 2 aromatic rings. The summed E-state index contributed by atoms with van der Waals surface area (Å²) in [4.78, 5) is 17.0. The van der Waals surface area contributed by atoms with Gasteiger partial charge in [0.25, 0.3) is 0 Å². The predicted molar refractivity (Wildman–Crippen MR) is 85.5 cm³/mol. The van der Waals surface area contributed by atoms with Crippen molar-refractivity contribution in [1.82, 2.24) is 20.1 Å². The van der Waals surface area contributed by atoms with Gasteiger partial charge in [-0.1, -0.05) is 6.07 Å².